The molecule has 2 aliphatic heterocycles. The fourth-order valence-electron chi connectivity index (χ4n) is 3.69. The van der Waals surface area contributed by atoms with Crippen LogP contribution < -0.4 is 5.32 Å². The van der Waals surface area contributed by atoms with Gasteiger partial charge in [0.15, 0.2) is 5.96 Å². The van der Waals surface area contributed by atoms with Gasteiger partial charge in [0.25, 0.3) is 0 Å². The van der Waals surface area contributed by atoms with Gasteiger partial charge >= 0.3 is 0 Å². The molecule has 6 nitrogen and oxygen atoms in total. The van der Waals surface area contributed by atoms with Crippen molar-refractivity contribution in [3.63, 3.8) is 0 Å². The van der Waals surface area contributed by atoms with Crippen LogP contribution in [0.15, 0.2) is 29.3 Å². The number of ether oxygens (including phenoxy) is 1. The quantitative estimate of drug-likeness (QED) is 0.649. The topological polar surface area (TPSA) is 57.2 Å². The van der Waals surface area contributed by atoms with Crippen molar-refractivity contribution < 1.29 is 9.53 Å². The number of hydrogen-bond donors (Lipinski definition) is 1. The molecule has 2 fully saturated rings. The Labute approximate surface area is 162 Å². The van der Waals surface area contributed by atoms with Crippen LogP contribution in [0, 0.1) is 6.92 Å². The van der Waals surface area contributed by atoms with Crippen LogP contribution in [-0.4, -0.2) is 74.7 Å². The first-order chi connectivity index (χ1) is 13.0. The summed E-state index contributed by atoms with van der Waals surface area (Å²) in [6.45, 7) is 5.80. The zero-order chi connectivity index (χ0) is 19.2. The molecule has 1 N–H and O–H groups in total. The molecule has 0 saturated carbocycles. The van der Waals surface area contributed by atoms with Gasteiger partial charge in [0.1, 0.15) is 6.54 Å². The minimum Gasteiger partial charge on any atom is -0.381 e. The smallest absolute Gasteiger partial charge is 0.243 e. The Morgan fingerprint density at radius 1 is 1.30 bits per heavy atom. The van der Waals surface area contributed by atoms with Gasteiger partial charge in [-0.05, 0) is 31.7 Å². The molecule has 1 amide bonds. The summed E-state index contributed by atoms with van der Waals surface area (Å²) >= 11 is 0. The summed E-state index contributed by atoms with van der Waals surface area (Å²) < 4.78 is 5.47. The van der Waals surface area contributed by atoms with Crippen LogP contribution in [0.4, 0.5) is 0 Å². The van der Waals surface area contributed by atoms with Crippen molar-refractivity contribution in [3.8, 4) is 0 Å². The second-order valence-electron chi connectivity index (χ2n) is 7.80. The predicted molar refractivity (Wildman–Crippen MR) is 108 cm³/mol. The monoisotopic (exact) mass is 372 g/mol. The number of likely N-dealkylation sites (tertiary alicyclic amines) is 1. The van der Waals surface area contributed by atoms with Crippen LogP contribution in [0.25, 0.3) is 0 Å². The third kappa shape index (κ3) is 5.45. The number of rotatable bonds is 4. The van der Waals surface area contributed by atoms with E-state index in [4.69, 9.17) is 4.74 Å². The van der Waals surface area contributed by atoms with Crippen LogP contribution in [0.2, 0.25) is 0 Å². The van der Waals surface area contributed by atoms with Crippen molar-refractivity contribution in [1.29, 1.82) is 0 Å². The number of aliphatic imine (C=N–C) groups is 1. The van der Waals surface area contributed by atoms with Gasteiger partial charge in [-0.25, -0.2) is 4.99 Å². The van der Waals surface area contributed by atoms with Crippen molar-refractivity contribution in [1.82, 2.24) is 15.1 Å². The molecule has 1 aromatic carbocycles. The molecule has 1 atom stereocenters. The average Bonchev–Trinajstić information content (AvgIpc) is 3.15. The molecule has 2 saturated heterocycles. The number of hydrogen-bond acceptors (Lipinski definition) is 3. The second kappa shape index (κ2) is 9.22. The third-order valence-electron chi connectivity index (χ3n) is 5.42. The first kappa shape index (κ1) is 19.7. The molecule has 0 bridgehead atoms. The summed E-state index contributed by atoms with van der Waals surface area (Å²) in [5, 5.41) is 3.60. The van der Waals surface area contributed by atoms with Crippen molar-refractivity contribution in [2.24, 2.45) is 4.99 Å². The number of carbonyl (C=O) groups excluding carboxylic acids is 1. The molecule has 0 radical (unpaired) electrons. The summed E-state index contributed by atoms with van der Waals surface area (Å²) in [5.74, 6) is 1.40. The Morgan fingerprint density at radius 2 is 2.07 bits per heavy atom. The molecule has 148 valence electrons. The van der Waals surface area contributed by atoms with Gasteiger partial charge < -0.3 is 19.9 Å². The summed E-state index contributed by atoms with van der Waals surface area (Å²) in [6.07, 6.45) is 3.07. The molecular formula is C21H32N4O2. The fourth-order valence-corrected chi connectivity index (χ4v) is 3.69. The lowest BCUT2D eigenvalue weighted by Gasteiger charge is -2.29. The van der Waals surface area contributed by atoms with Crippen molar-refractivity contribution in [2.45, 2.75) is 38.1 Å². The van der Waals surface area contributed by atoms with E-state index in [1.54, 1.807) is 19.0 Å². The molecule has 0 aliphatic carbocycles. The molecule has 6 heteroatoms. The highest BCUT2D eigenvalue weighted by molar-refractivity contribution is 5.85. The molecular weight excluding hydrogens is 340 g/mol. The minimum atomic E-state index is 0.0238. The maximum absolute atomic E-state index is 12.0. The van der Waals surface area contributed by atoms with Gasteiger partial charge in [-0.1, -0.05) is 29.8 Å². The van der Waals surface area contributed by atoms with Gasteiger partial charge in [0.2, 0.25) is 5.91 Å². The standard InChI is InChI=1S/C21H32N4O2/c1-16-5-4-6-17(13-16)18-7-10-25(15-18)21(22-14-20(26)24(2)3)23-19-8-11-27-12-9-19/h4-6,13,18-19H,7-12,14-15H2,1-3H3,(H,22,23). The van der Waals surface area contributed by atoms with Gasteiger partial charge in [-0.2, -0.15) is 0 Å². The summed E-state index contributed by atoms with van der Waals surface area (Å²) in [6, 6.07) is 9.15. The molecule has 1 aromatic rings. The number of likely N-dealkylation sites (N-methyl/N-ethyl adjacent to an activating group) is 1. The molecule has 3 rings (SSSR count). The lowest BCUT2D eigenvalue weighted by atomic mass is 9.97. The Kier molecular flexibility index (Phi) is 6.72. The minimum absolute atomic E-state index is 0.0238. The maximum Gasteiger partial charge on any atom is 0.243 e. The van der Waals surface area contributed by atoms with Gasteiger partial charge in [0, 0.05) is 52.4 Å². The summed E-state index contributed by atoms with van der Waals surface area (Å²) in [5.41, 5.74) is 2.70. The van der Waals surface area contributed by atoms with Crippen LogP contribution in [-0.2, 0) is 9.53 Å². The van der Waals surface area contributed by atoms with Gasteiger partial charge in [-0.3, -0.25) is 4.79 Å². The lowest BCUT2D eigenvalue weighted by Crippen LogP contribution is -2.47. The van der Waals surface area contributed by atoms with E-state index in [9.17, 15) is 4.79 Å². The van der Waals surface area contributed by atoms with Crippen molar-refractivity contribution in [3.05, 3.63) is 35.4 Å². The zero-order valence-corrected chi connectivity index (χ0v) is 16.8. The number of benzene rings is 1. The fraction of sp³-hybridized carbons (Fsp3) is 0.619. The Bertz CT molecular complexity index is 668. The molecule has 1 unspecified atom stereocenters. The van der Waals surface area contributed by atoms with Crippen molar-refractivity contribution in [2.75, 3.05) is 46.9 Å². The van der Waals surface area contributed by atoms with Crippen LogP contribution in [0.5, 0.6) is 0 Å². The van der Waals surface area contributed by atoms with E-state index in [2.05, 4.69) is 46.4 Å². The van der Waals surface area contributed by atoms with Crippen molar-refractivity contribution >= 4 is 11.9 Å². The third-order valence-corrected chi connectivity index (χ3v) is 5.42. The van der Waals surface area contributed by atoms with Crippen LogP contribution in [0.3, 0.4) is 0 Å². The number of nitrogens with one attached hydrogen (secondary N) is 1. The van der Waals surface area contributed by atoms with Crippen LogP contribution >= 0.6 is 0 Å². The predicted octanol–water partition coefficient (Wildman–Crippen LogP) is 2.00. The highest BCUT2D eigenvalue weighted by Gasteiger charge is 2.28. The first-order valence-corrected chi connectivity index (χ1v) is 9.93. The van der Waals surface area contributed by atoms with E-state index in [1.807, 2.05) is 0 Å². The summed E-state index contributed by atoms with van der Waals surface area (Å²) in [4.78, 5) is 20.6. The summed E-state index contributed by atoms with van der Waals surface area (Å²) in [7, 11) is 3.54. The number of carbonyl (C=O) groups is 1. The SMILES string of the molecule is Cc1cccc(C2CCN(C(=NCC(=O)N(C)C)NC3CCOCC3)C2)c1. The lowest BCUT2D eigenvalue weighted by molar-refractivity contribution is -0.127. The number of nitrogens with zero attached hydrogens (tertiary/aromatic N) is 3. The van der Waals surface area contributed by atoms with E-state index in [-0.39, 0.29) is 12.5 Å². The molecule has 0 aromatic heterocycles. The molecule has 27 heavy (non-hydrogen) atoms. The second-order valence-corrected chi connectivity index (χ2v) is 7.80. The number of aryl methyl sites for hydroxylation is 1. The maximum atomic E-state index is 12.0. The highest BCUT2D eigenvalue weighted by Crippen LogP contribution is 2.28. The molecule has 0 spiro atoms. The van der Waals surface area contributed by atoms with Gasteiger partial charge in [-0.15, -0.1) is 0 Å². The number of guanidine groups is 1. The Balaban J connectivity index is 1.69. The zero-order valence-electron chi connectivity index (χ0n) is 16.8. The Morgan fingerprint density at radius 3 is 2.78 bits per heavy atom. The van der Waals surface area contributed by atoms with E-state index in [0.29, 0.717) is 12.0 Å². The van der Waals surface area contributed by atoms with Gasteiger partial charge in [0.05, 0.1) is 0 Å². The van der Waals surface area contributed by atoms with E-state index >= 15 is 0 Å². The first-order valence-electron chi connectivity index (χ1n) is 9.93. The molecule has 2 aliphatic rings. The van der Waals surface area contributed by atoms with Crippen LogP contribution in [0.1, 0.15) is 36.3 Å². The highest BCUT2D eigenvalue weighted by atomic mass is 16.5. The van der Waals surface area contributed by atoms with E-state index in [0.717, 1.165) is 51.5 Å². The average molecular weight is 373 g/mol. The van der Waals surface area contributed by atoms with E-state index in [1.165, 1.54) is 11.1 Å². The van der Waals surface area contributed by atoms with E-state index < -0.39 is 0 Å². The Hall–Kier alpha value is -2.08. The normalized spacial score (nSPS) is 21.4. The molecule has 2 heterocycles. The number of amides is 1. The largest absolute Gasteiger partial charge is 0.381 e.